The second-order valence-electron chi connectivity index (χ2n) is 8.56. The van der Waals surface area contributed by atoms with Gasteiger partial charge in [-0.25, -0.2) is 0 Å². The largest absolute Gasteiger partial charge is 0.309 e. The Balaban J connectivity index is 2.51. The average molecular weight is 405 g/mol. The highest BCUT2D eigenvalue weighted by Crippen LogP contribution is 2.46. The maximum atomic E-state index is 15.3. The van der Waals surface area contributed by atoms with Gasteiger partial charge in [0.2, 0.25) is 0 Å². The minimum Gasteiger partial charge on any atom is -0.309 e. The molecular formula is C27H33OP. The Bertz CT molecular complexity index is 1020. The molecule has 0 unspecified atom stereocenters. The lowest BCUT2D eigenvalue weighted by Gasteiger charge is -2.28. The SMILES string of the molecule is Cc1ccc(P(=O)(c2ccc(C)c(C)c2C)c2ccc(C)c(C)c2C)c(C)c1C. The fraction of sp³-hybridized carbons (Fsp3) is 0.333. The summed E-state index contributed by atoms with van der Waals surface area (Å²) >= 11 is 0. The van der Waals surface area contributed by atoms with Gasteiger partial charge in [-0.2, -0.15) is 0 Å². The van der Waals surface area contributed by atoms with Crippen LogP contribution in [0.25, 0.3) is 0 Å². The van der Waals surface area contributed by atoms with Crippen LogP contribution in [0.5, 0.6) is 0 Å². The van der Waals surface area contributed by atoms with Crippen LogP contribution in [0.4, 0.5) is 0 Å². The molecule has 2 heteroatoms. The molecule has 152 valence electrons. The monoisotopic (exact) mass is 404 g/mol. The van der Waals surface area contributed by atoms with E-state index in [1.165, 1.54) is 33.4 Å². The molecule has 3 rings (SSSR count). The average Bonchev–Trinajstić information content (AvgIpc) is 2.68. The predicted molar refractivity (Wildman–Crippen MR) is 128 cm³/mol. The van der Waals surface area contributed by atoms with Crippen molar-refractivity contribution in [2.75, 3.05) is 0 Å². The van der Waals surface area contributed by atoms with Crippen molar-refractivity contribution in [3.8, 4) is 0 Å². The molecule has 3 aromatic rings. The quantitative estimate of drug-likeness (QED) is 0.482. The Labute approximate surface area is 176 Å². The summed E-state index contributed by atoms with van der Waals surface area (Å²) in [4.78, 5) is 0. The lowest BCUT2D eigenvalue weighted by Crippen LogP contribution is -2.31. The molecule has 0 heterocycles. The molecule has 3 aromatic carbocycles. The Morgan fingerprint density at radius 1 is 0.414 bits per heavy atom. The number of hydrogen-bond acceptors (Lipinski definition) is 1. The molecule has 0 bridgehead atoms. The maximum absolute atomic E-state index is 15.3. The molecule has 0 N–H and O–H groups in total. The predicted octanol–water partition coefficient (Wildman–Crippen LogP) is 6.10. The zero-order valence-corrected chi connectivity index (χ0v) is 20.2. The van der Waals surface area contributed by atoms with Crippen LogP contribution in [0.3, 0.4) is 0 Å². The van der Waals surface area contributed by atoms with Crippen molar-refractivity contribution in [3.05, 3.63) is 86.5 Å². The lowest BCUT2D eigenvalue weighted by molar-refractivity contribution is 0.592. The van der Waals surface area contributed by atoms with E-state index in [1.54, 1.807) is 0 Å². The molecule has 0 amide bonds. The van der Waals surface area contributed by atoms with E-state index in [4.69, 9.17) is 0 Å². The summed E-state index contributed by atoms with van der Waals surface area (Å²) in [5.74, 6) is 0. The zero-order valence-electron chi connectivity index (χ0n) is 19.3. The van der Waals surface area contributed by atoms with E-state index in [2.05, 4.69) is 98.7 Å². The first-order valence-electron chi connectivity index (χ1n) is 10.3. The van der Waals surface area contributed by atoms with Crippen LogP contribution in [0.2, 0.25) is 0 Å². The number of aryl methyl sites for hydroxylation is 3. The van der Waals surface area contributed by atoms with Gasteiger partial charge < -0.3 is 4.57 Å². The Morgan fingerprint density at radius 3 is 0.897 bits per heavy atom. The van der Waals surface area contributed by atoms with Crippen molar-refractivity contribution in [1.29, 1.82) is 0 Å². The van der Waals surface area contributed by atoms with Gasteiger partial charge in [0.1, 0.15) is 0 Å². The van der Waals surface area contributed by atoms with E-state index < -0.39 is 7.14 Å². The smallest absolute Gasteiger partial charge is 0.171 e. The first-order valence-corrected chi connectivity index (χ1v) is 12.0. The van der Waals surface area contributed by atoms with Crippen molar-refractivity contribution in [1.82, 2.24) is 0 Å². The lowest BCUT2D eigenvalue weighted by atomic mass is 10.0. The van der Waals surface area contributed by atoms with Gasteiger partial charge in [-0.3, -0.25) is 0 Å². The fourth-order valence-corrected chi connectivity index (χ4v) is 7.79. The molecule has 1 nitrogen and oxygen atoms in total. The normalized spacial score (nSPS) is 11.8. The molecule has 0 aromatic heterocycles. The molecule has 29 heavy (non-hydrogen) atoms. The van der Waals surface area contributed by atoms with Crippen molar-refractivity contribution < 1.29 is 4.57 Å². The van der Waals surface area contributed by atoms with E-state index in [9.17, 15) is 0 Å². The van der Waals surface area contributed by atoms with Crippen LogP contribution < -0.4 is 15.9 Å². The highest BCUT2D eigenvalue weighted by Gasteiger charge is 2.35. The van der Waals surface area contributed by atoms with E-state index >= 15 is 4.57 Å². The summed E-state index contributed by atoms with van der Waals surface area (Å²) in [5.41, 5.74) is 10.8. The first kappa shape index (κ1) is 21.6. The molecular weight excluding hydrogens is 371 g/mol. The van der Waals surface area contributed by atoms with Gasteiger partial charge in [0.15, 0.2) is 7.14 Å². The summed E-state index contributed by atoms with van der Waals surface area (Å²) in [7, 11) is -3.03. The summed E-state index contributed by atoms with van der Waals surface area (Å²) in [6.45, 7) is 19.2. The van der Waals surface area contributed by atoms with Gasteiger partial charge in [-0.1, -0.05) is 36.4 Å². The molecule has 0 spiro atoms. The molecule has 0 aliphatic carbocycles. The van der Waals surface area contributed by atoms with Crippen LogP contribution in [-0.2, 0) is 4.57 Å². The van der Waals surface area contributed by atoms with E-state index in [-0.39, 0.29) is 0 Å². The van der Waals surface area contributed by atoms with Crippen LogP contribution in [0, 0.1) is 62.3 Å². The third-order valence-corrected chi connectivity index (χ3v) is 10.6. The summed E-state index contributed by atoms with van der Waals surface area (Å²) in [5, 5.41) is 2.91. The van der Waals surface area contributed by atoms with Crippen LogP contribution in [0.15, 0.2) is 36.4 Å². The molecule has 0 saturated carbocycles. The highest BCUT2D eigenvalue weighted by molar-refractivity contribution is 7.85. The molecule has 0 atom stereocenters. The standard InChI is InChI=1S/C27H33OP/c1-16-10-13-25(22(7)19(16)4)29(28,26-14-11-17(2)20(5)23(26)8)27-15-12-18(3)21(6)24(27)9/h10-15H,1-9H3. The minimum atomic E-state index is -3.03. The van der Waals surface area contributed by atoms with Gasteiger partial charge in [-0.05, 0) is 112 Å². The summed E-state index contributed by atoms with van der Waals surface area (Å²) in [6, 6.07) is 12.7. The van der Waals surface area contributed by atoms with Gasteiger partial charge in [0.05, 0.1) is 0 Å². The zero-order chi connectivity index (χ0) is 21.7. The number of rotatable bonds is 3. The Morgan fingerprint density at radius 2 is 0.655 bits per heavy atom. The van der Waals surface area contributed by atoms with Crippen LogP contribution in [-0.4, -0.2) is 0 Å². The topological polar surface area (TPSA) is 17.1 Å². The molecule has 0 radical (unpaired) electrons. The van der Waals surface area contributed by atoms with Gasteiger partial charge in [-0.15, -0.1) is 0 Å². The van der Waals surface area contributed by atoms with Crippen molar-refractivity contribution in [2.24, 2.45) is 0 Å². The molecule has 0 aliphatic heterocycles. The molecule has 0 fully saturated rings. The summed E-state index contributed by atoms with van der Waals surface area (Å²) in [6.07, 6.45) is 0. The number of hydrogen-bond donors (Lipinski definition) is 0. The third-order valence-electron chi connectivity index (χ3n) is 7.11. The second-order valence-corrected chi connectivity index (χ2v) is 11.2. The minimum absolute atomic E-state index is 0.971. The maximum Gasteiger partial charge on any atom is 0.171 e. The second kappa shape index (κ2) is 7.62. The van der Waals surface area contributed by atoms with Crippen molar-refractivity contribution >= 4 is 23.1 Å². The van der Waals surface area contributed by atoms with Gasteiger partial charge in [0.25, 0.3) is 0 Å². The fourth-order valence-electron chi connectivity index (χ4n) is 4.24. The number of benzene rings is 3. The summed E-state index contributed by atoms with van der Waals surface area (Å²) < 4.78 is 15.3. The third kappa shape index (κ3) is 3.30. The van der Waals surface area contributed by atoms with Gasteiger partial charge >= 0.3 is 0 Å². The Hall–Kier alpha value is -2.11. The van der Waals surface area contributed by atoms with E-state index in [1.807, 2.05) is 0 Å². The van der Waals surface area contributed by atoms with Crippen LogP contribution in [0.1, 0.15) is 50.1 Å². The molecule has 0 saturated heterocycles. The highest BCUT2D eigenvalue weighted by atomic mass is 31.2. The Kier molecular flexibility index (Phi) is 5.67. The van der Waals surface area contributed by atoms with Gasteiger partial charge in [0, 0.05) is 15.9 Å². The van der Waals surface area contributed by atoms with E-state index in [0.29, 0.717) is 0 Å². The van der Waals surface area contributed by atoms with E-state index in [0.717, 1.165) is 32.6 Å². The molecule has 0 aliphatic rings. The van der Waals surface area contributed by atoms with Crippen LogP contribution >= 0.6 is 7.14 Å². The van der Waals surface area contributed by atoms with Crippen molar-refractivity contribution in [3.63, 3.8) is 0 Å². The first-order chi connectivity index (χ1) is 13.5. The van der Waals surface area contributed by atoms with Crippen molar-refractivity contribution in [2.45, 2.75) is 62.3 Å².